The van der Waals surface area contributed by atoms with Crippen LogP contribution in [0, 0.1) is 47.4 Å². The molecule has 24 heavy (non-hydrogen) atoms. The summed E-state index contributed by atoms with van der Waals surface area (Å²) in [5, 5.41) is 11.2. The van der Waals surface area contributed by atoms with Crippen LogP contribution in [0.2, 0.25) is 0 Å². The van der Waals surface area contributed by atoms with Gasteiger partial charge in [0.05, 0.1) is 0 Å². The van der Waals surface area contributed by atoms with Gasteiger partial charge in [0.2, 0.25) is 0 Å². The van der Waals surface area contributed by atoms with Crippen LogP contribution in [0.25, 0.3) is 0 Å². The maximum Gasteiger partial charge on any atom is 0.137 e. The lowest BCUT2D eigenvalue weighted by atomic mass is 9.52. The van der Waals surface area contributed by atoms with Crippen LogP contribution in [0.1, 0.15) is 64.7 Å². The Kier molecular flexibility index (Phi) is 3.67. The van der Waals surface area contributed by atoms with Crippen LogP contribution >= 0.6 is 0 Å². The van der Waals surface area contributed by atoms with Gasteiger partial charge in [0.1, 0.15) is 11.4 Å². The maximum atomic E-state index is 11.8. The van der Waals surface area contributed by atoms with Crippen molar-refractivity contribution < 1.29 is 9.90 Å². The quantitative estimate of drug-likeness (QED) is 0.546. The Morgan fingerprint density at radius 1 is 1.17 bits per heavy atom. The van der Waals surface area contributed by atoms with Gasteiger partial charge in [-0.1, -0.05) is 24.0 Å². The van der Waals surface area contributed by atoms with Gasteiger partial charge in [-0.3, -0.25) is 4.79 Å². The van der Waals surface area contributed by atoms with Crippen molar-refractivity contribution in [3.63, 3.8) is 0 Å². The SMILES string of the molecule is C#CC#CC1(O)CCC2C3CCC4=C(CCC(=O)C4)C3CCC21C. The Bertz CT molecular complexity index is 712. The first kappa shape index (κ1) is 16.0. The molecule has 0 aromatic rings. The lowest BCUT2D eigenvalue weighted by molar-refractivity contribution is -0.119. The molecular weight excluding hydrogens is 296 g/mol. The highest BCUT2D eigenvalue weighted by Crippen LogP contribution is 2.64. The highest BCUT2D eigenvalue weighted by Gasteiger charge is 2.61. The van der Waals surface area contributed by atoms with E-state index in [0.717, 1.165) is 44.9 Å². The van der Waals surface area contributed by atoms with Crippen LogP contribution < -0.4 is 0 Å². The fourth-order valence-corrected chi connectivity index (χ4v) is 6.41. The highest BCUT2D eigenvalue weighted by molar-refractivity contribution is 5.82. The largest absolute Gasteiger partial charge is 0.377 e. The Hall–Kier alpha value is -1.51. The fraction of sp³-hybridized carbons (Fsp3) is 0.682. The lowest BCUT2D eigenvalue weighted by Gasteiger charge is -2.53. The van der Waals surface area contributed by atoms with Gasteiger partial charge in [0.25, 0.3) is 0 Å². The van der Waals surface area contributed by atoms with E-state index in [9.17, 15) is 9.90 Å². The Balaban J connectivity index is 1.65. The number of fused-ring (bicyclic) bond motifs is 4. The van der Waals surface area contributed by atoms with E-state index in [4.69, 9.17) is 6.42 Å². The molecule has 0 amide bonds. The van der Waals surface area contributed by atoms with Crippen molar-refractivity contribution in [1.29, 1.82) is 0 Å². The molecule has 0 aliphatic heterocycles. The van der Waals surface area contributed by atoms with Gasteiger partial charge in [-0.15, -0.1) is 6.42 Å². The zero-order valence-corrected chi connectivity index (χ0v) is 14.5. The first-order valence-corrected chi connectivity index (χ1v) is 9.41. The van der Waals surface area contributed by atoms with Crippen molar-refractivity contribution in [1.82, 2.24) is 0 Å². The number of terminal acetylenes is 1. The van der Waals surface area contributed by atoms with Crippen LogP contribution in [0.5, 0.6) is 0 Å². The van der Waals surface area contributed by atoms with Crippen LogP contribution in [-0.2, 0) is 4.79 Å². The molecule has 4 aliphatic carbocycles. The smallest absolute Gasteiger partial charge is 0.137 e. The second kappa shape index (κ2) is 5.50. The number of Topliss-reactive ketones (excluding diaryl/α,β-unsaturated/α-hetero) is 1. The Morgan fingerprint density at radius 2 is 2.00 bits per heavy atom. The van der Waals surface area contributed by atoms with Gasteiger partial charge in [0.15, 0.2) is 0 Å². The minimum absolute atomic E-state index is 0.138. The van der Waals surface area contributed by atoms with E-state index in [0.29, 0.717) is 30.0 Å². The summed E-state index contributed by atoms with van der Waals surface area (Å²) in [7, 11) is 0. The normalized spacial score (nSPS) is 43.9. The van der Waals surface area contributed by atoms with Gasteiger partial charge in [-0.2, -0.15) is 0 Å². The van der Waals surface area contributed by atoms with E-state index in [2.05, 4.69) is 24.7 Å². The molecule has 4 rings (SSSR count). The summed E-state index contributed by atoms with van der Waals surface area (Å²) in [5.74, 6) is 10.3. The minimum Gasteiger partial charge on any atom is -0.377 e. The van der Waals surface area contributed by atoms with Crippen LogP contribution in [0.3, 0.4) is 0 Å². The molecular formula is C22H26O2. The number of ketones is 1. The molecule has 0 spiro atoms. The molecule has 5 unspecified atom stereocenters. The number of carbonyl (C=O) groups is 1. The average Bonchev–Trinajstić information content (AvgIpc) is 2.84. The second-order valence-electron chi connectivity index (χ2n) is 8.51. The fourth-order valence-electron chi connectivity index (χ4n) is 6.41. The summed E-state index contributed by atoms with van der Waals surface area (Å²) in [6.07, 6.45) is 13.9. The zero-order valence-electron chi connectivity index (χ0n) is 14.5. The van der Waals surface area contributed by atoms with Crippen molar-refractivity contribution >= 4 is 5.78 Å². The molecule has 2 saturated carbocycles. The molecule has 2 nitrogen and oxygen atoms in total. The predicted octanol–water partition coefficient (Wildman–Crippen LogP) is 3.64. The summed E-state index contributed by atoms with van der Waals surface area (Å²) < 4.78 is 0. The van der Waals surface area contributed by atoms with E-state index in [-0.39, 0.29) is 5.41 Å². The number of rotatable bonds is 0. The molecule has 0 aromatic carbocycles. The number of aliphatic hydroxyl groups is 1. The molecule has 0 radical (unpaired) electrons. The van der Waals surface area contributed by atoms with Crippen molar-refractivity contribution in [2.45, 2.75) is 70.3 Å². The van der Waals surface area contributed by atoms with Gasteiger partial charge in [-0.05, 0) is 74.5 Å². The van der Waals surface area contributed by atoms with Crippen molar-refractivity contribution in [3.05, 3.63) is 11.1 Å². The molecule has 0 bridgehead atoms. The summed E-state index contributed by atoms with van der Waals surface area (Å²) >= 11 is 0. The third-order valence-electron chi connectivity index (χ3n) is 7.70. The summed E-state index contributed by atoms with van der Waals surface area (Å²) in [4.78, 5) is 11.8. The third-order valence-corrected chi connectivity index (χ3v) is 7.70. The molecule has 2 heteroatoms. The third kappa shape index (κ3) is 2.13. The molecule has 5 atom stereocenters. The Morgan fingerprint density at radius 3 is 2.79 bits per heavy atom. The standard InChI is InChI=1S/C22H26O2/c1-3-4-11-22(24)13-10-20-19-7-5-15-14-16(23)6-8-17(15)18(19)9-12-21(20,22)2/h1,18-20,24H,5-10,12-14H2,2H3. The number of carbonyl (C=O) groups excluding carboxylic acids is 1. The highest BCUT2D eigenvalue weighted by atomic mass is 16.3. The van der Waals surface area contributed by atoms with Gasteiger partial charge in [0, 0.05) is 18.3 Å². The monoisotopic (exact) mass is 322 g/mol. The van der Waals surface area contributed by atoms with Crippen molar-refractivity contribution in [3.8, 4) is 24.2 Å². The predicted molar refractivity (Wildman–Crippen MR) is 93.7 cm³/mol. The molecule has 0 aromatic heterocycles. The van der Waals surface area contributed by atoms with E-state index in [1.165, 1.54) is 12.0 Å². The van der Waals surface area contributed by atoms with E-state index in [1.807, 2.05) is 0 Å². The zero-order chi connectivity index (χ0) is 16.9. The van der Waals surface area contributed by atoms with Gasteiger partial charge in [-0.25, -0.2) is 0 Å². The topological polar surface area (TPSA) is 37.3 Å². The molecule has 4 aliphatic rings. The Labute approximate surface area is 145 Å². The van der Waals surface area contributed by atoms with Crippen LogP contribution in [-0.4, -0.2) is 16.5 Å². The van der Waals surface area contributed by atoms with Crippen LogP contribution in [0.15, 0.2) is 11.1 Å². The van der Waals surface area contributed by atoms with Crippen molar-refractivity contribution in [2.75, 3.05) is 0 Å². The number of hydrogen-bond acceptors (Lipinski definition) is 2. The molecule has 0 heterocycles. The summed E-state index contributed by atoms with van der Waals surface area (Å²) in [6, 6.07) is 0. The average molecular weight is 322 g/mol. The lowest BCUT2D eigenvalue weighted by Crippen LogP contribution is -2.51. The van der Waals surface area contributed by atoms with Crippen molar-refractivity contribution in [2.24, 2.45) is 23.2 Å². The molecule has 1 N–H and O–H groups in total. The summed E-state index contributed by atoms with van der Waals surface area (Å²) in [6.45, 7) is 2.24. The van der Waals surface area contributed by atoms with E-state index >= 15 is 0 Å². The van der Waals surface area contributed by atoms with Crippen LogP contribution in [0.4, 0.5) is 0 Å². The number of hydrogen-bond donors (Lipinski definition) is 1. The number of allylic oxidation sites excluding steroid dienone is 2. The van der Waals surface area contributed by atoms with Gasteiger partial charge < -0.3 is 5.11 Å². The molecule has 2 fully saturated rings. The first-order chi connectivity index (χ1) is 11.5. The molecule has 0 saturated heterocycles. The first-order valence-electron chi connectivity index (χ1n) is 9.41. The second-order valence-corrected chi connectivity index (χ2v) is 8.51. The molecule has 126 valence electrons. The van der Waals surface area contributed by atoms with E-state index in [1.54, 1.807) is 5.57 Å². The van der Waals surface area contributed by atoms with E-state index < -0.39 is 5.60 Å². The van der Waals surface area contributed by atoms with Gasteiger partial charge >= 0.3 is 0 Å². The minimum atomic E-state index is -0.924. The maximum absolute atomic E-state index is 11.8. The summed E-state index contributed by atoms with van der Waals surface area (Å²) in [5.41, 5.74) is 2.00.